The van der Waals surface area contributed by atoms with Crippen LogP contribution in [0.5, 0.6) is 0 Å². The molecule has 0 saturated carbocycles. The molecule has 0 heterocycles. The second kappa shape index (κ2) is 3.35. The van der Waals surface area contributed by atoms with Gasteiger partial charge in [0.1, 0.15) is 6.29 Å². The van der Waals surface area contributed by atoms with Crippen LogP contribution in [0.4, 0.5) is 0 Å². The topological polar surface area (TPSA) is 29.1 Å². The van der Waals surface area contributed by atoms with Crippen molar-refractivity contribution < 1.29 is 4.79 Å². The lowest BCUT2D eigenvalue weighted by Gasteiger charge is -2.32. The van der Waals surface area contributed by atoms with Gasteiger partial charge in [-0.2, -0.15) is 0 Å². The van der Waals surface area contributed by atoms with Gasteiger partial charge >= 0.3 is 0 Å². The number of carbonyl (C=O) groups is 1. The smallest absolute Gasteiger partial charge is 0.139 e. The van der Waals surface area contributed by atoms with Crippen LogP contribution in [-0.4, -0.2) is 17.4 Å². The van der Waals surface area contributed by atoms with Crippen LogP contribution in [-0.2, 0) is 4.79 Å². The summed E-state index contributed by atoms with van der Waals surface area (Å²) in [6.45, 7) is 10.1. The Labute approximate surface area is 69.4 Å². The van der Waals surface area contributed by atoms with Gasteiger partial charge in [0.15, 0.2) is 0 Å². The molecule has 0 aliphatic rings. The second-order valence-corrected chi connectivity index (χ2v) is 4.26. The molecule has 11 heavy (non-hydrogen) atoms. The molecular formula is C9H19NO. The number of hydrogen-bond donors (Lipinski definition) is 1. The Hall–Kier alpha value is -0.370. The third kappa shape index (κ3) is 4.14. The van der Waals surface area contributed by atoms with Gasteiger partial charge in [-0.05, 0) is 34.1 Å². The zero-order chi connectivity index (χ0) is 9.12. The van der Waals surface area contributed by atoms with Crippen LogP contribution in [0.1, 0.15) is 41.0 Å². The highest BCUT2D eigenvalue weighted by Crippen LogP contribution is 2.11. The fraction of sp³-hybridized carbons (Fsp3) is 0.889. The molecule has 0 amide bonds. The number of aldehydes is 1. The van der Waals surface area contributed by atoms with E-state index in [-0.39, 0.29) is 11.1 Å². The molecule has 0 aromatic rings. The SMILES string of the molecule is CCC(C)(C=O)NC(C)(C)C. The van der Waals surface area contributed by atoms with E-state index < -0.39 is 0 Å². The summed E-state index contributed by atoms with van der Waals surface area (Å²) in [5.41, 5.74) is -0.357. The number of carbonyl (C=O) groups excluding carboxylic acids is 1. The van der Waals surface area contributed by atoms with E-state index >= 15 is 0 Å². The molecule has 66 valence electrons. The zero-order valence-corrected chi connectivity index (χ0v) is 8.19. The Morgan fingerprint density at radius 2 is 1.73 bits per heavy atom. The van der Waals surface area contributed by atoms with Crippen LogP contribution in [0.15, 0.2) is 0 Å². The fourth-order valence-corrected chi connectivity index (χ4v) is 1.06. The summed E-state index contributed by atoms with van der Waals surface area (Å²) in [4.78, 5) is 10.7. The summed E-state index contributed by atoms with van der Waals surface area (Å²) in [7, 11) is 0. The Morgan fingerprint density at radius 1 is 1.27 bits per heavy atom. The van der Waals surface area contributed by atoms with E-state index in [2.05, 4.69) is 26.1 Å². The largest absolute Gasteiger partial charge is 0.301 e. The Bertz CT molecular complexity index is 137. The molecule has 0 bridgehead atoms. The highest BCUT2D eigenvalue weighted by molar-refractivity contribution is 5.63. The fourth-order valence-electron chi connectivity index (χ4n) is 1.06. The van der Waals surface area contributed by atoms with E-state index in [0.29, 0.717) is 0 Å². The van der Waals surface area contributed by atoms with Gasteiger partial charge in [0.05, 0.1) is 5.54 Å². The van der Waals surface area contributed by atoms with E-state index in [4.69, 9.17) is 0 Å². The van der Waals surface area contributed by atoms with Gasteiger partial charge in [-0.25, -0.2) is 0 Å². The highest BCUT2D eigenvalue weighted by atomic mass is 16.1. The summed E-state index contributed by atoms with van der Waals surface area (Å²) in [6.07, 6.45) is 1.81. The average molecular weight is 157 g/mol. The van der Waals surface area contributed by atoms with Crippen molar-refractivity contribution in [2.24, 2.45) is 0 Å². The van der Waals surface area contributed by atoms with Crippen molar-refractivity contribution >= 4 is 6.29 Å². The standard InChI is InChI=1S/C9H19NO/c1-6-9(5,7-11)10-8(2,3)4/h7,10H,6H2,1-5H3. The first-order chi connectivity index (χ1) is 4.83. The Kier molecular flexibility index (Phi) is 3.24. The third-order valence-electron chi connectivity index (χ3n) is 1.66. The van der Waals surface area contributed by atoms with Gasteiger partial charge < -0.3 is 10.1 Å². The first-order valence-electron chi connectivity index (χ1n) is 4.09. The quantitative estimate of drug-likeness (QED) is 0.632. The maximum Gasteiger partial charge on any atom is 0.139 e. The molecule has 0 fully saturated rings. The summed E-state index contributed by atoms with van der Waals surface area (Å²) >= 11 is 0. The molecule has 2 nitrogen and oxygen atoms in total. The molecule has 0 aromatic carbocycles. The predicted octanol–water partition coefficient (Wildman–Crippen LogP) is 1.74. The molecule has 0 spiro atoms. The molecule has 0 radical (unpaired) electrons. The van der Waals surface area contributed by atoms with Gasteiger partial charge in [-0.3, -0.25) is 0 Å². The number of nitrogens with one attached hydrogen (secondary N) is 1. The minimum absolute atomic E-state index is 0.00562. The van der Waals surface area contributed by atoms with E-state index in [1.165, 1.54) is 0 Å². The van der Waals surface area contributed by atoms with Gasteiger partial charge in [0.2, 0.25) is 0 Å². The summed E-state index contributed by atoms with van der Waals surface area (Å²) < 4.78 is 0. The Morgan fingerprint density at radius 3 is 1.82 bits per heavy atom. The van der Waals surface area contributed by atoms with E-state index in [0.717, 1.165) is 12.7 Å². The summed E-state index contributed by atoms with van der Waals surface area (Å²) in [6, 6.07) is 0. The molecule has 0 aliphatic heterocycles. The lowest BCUT2D eigenvalue weighted by Crippen LogP contribution is -2.52. The number of hydrogen-bond acceptors (Lipinski definition) is 2. The van der Waals surface area contributed by atoms with Crippen LogP contribution < -0.4 is 5.32 Å². The van der Waals surface area contributed by atoms with Gasteiger partial charge in [-0.15, -0.1) is 0 Å². The maximum absolute atomic E-state index is 10.7. The molecule has 1 N–H and O–H groups in total. The first kappa shape index (κ1) is 10.6. The lowest BCUT2D eigenvalue weighted by molar-refractivity contribution is -0.113. The Balaban J connectivity index is 4.19. The van der Waals surface area contributed by atoms with Crippen molar-refractivity contribution in [1.82, 2.24) is 5.32 Å². The number of rotatable bonds is 3. The van der Waals surface area contributed by atoms with E-state index in [9.17, 15) is 4.79 Å². The molecule has 0 aromatic heterocycles. The predicted molar refractivity (Wildman–Crippen MR) is 47.6 cm³/mol. The van der Waals surface area contributed by atoms with Crippen LogP contribution in [0, 0.1) is 0 Å². The van der Waals surface area contributed by atoms with Crippen molar-refractivity contribution in [3.05, 3.63) is 0 Å². The molecule has 0 saturated heterocycles. The monoisotopic (exact) mass is 157 g/mol. The van der Waals surface area contributed by atoms with Crippen LogP contribution in [0.3, 0.4) is 0 Å². The van der Waals surface area contributed by atoms with Crippen molar-refractivity contribution in [2.75, 3.05) is 0 Å². The van der Waals surface area contributed by atoms with Crippen molar-refractivity contribution in [1.29, 1.82) is 0 Å². The highest BCUT2D eigenvalue weighted by Gasteiger charge is 2.25. The maximum atomic E-state index is 10.7. The van der Waals surface area contributed by atoms with Gasteiger partial charge in [-0.1, -0.05) is 6.92 Å². The second-order valence-electron chi connectivity index (χ2n) is 4.26. The van der Waals surface area contributed by atoms with E-state index in [1.54, 1.807) is 0 Å². The van der Waals surface area contributed by atoms with Gasteiger partial charge in [0.25, 0.3) is 0 Å². The summed E-state index contributed by atoms with van der Waals surface area (Å²) in [5.74, 6) is 0. The minimum Gasteiger partial charge on any atom is -0.301 e. The minimum atomic E-state index is -0.363. The molecule has 0 rings (SSSR count). The van der Waals surface area contributed by atoms with Crippen molar-refractivity contribution in [2.45, 2.75) is 52.1 Å². The van der Waals surface area contributed by atoms with Crippen LogP contribution in [0.2, 0.25) is 0 Å². The van der Waals surface area contributed by atoms with Crippen molar-refractivity contribution in [3.63, 3.8) is 0 Å². The zero-order valence-electron chi connectivity index (χ0n) is 8.19. The third-order valence-corrected chi connectivity index (χ3v) is 1.66. The van der Waals surface area contributed by atoms with Gasteiger partial charge in [0, 0.05) is 5.54 Å². The van der Waals surface area contributed by atoms with E-state index in [1.807, 2.05) is 13.8 Å². The molecule has 1 unspecified atom stereocenters. The summed E-state index contributed by atoms with van der Waals surface area (Å²) in [5, 5.41) is 3.26. The van der Waals surface area contributed by atoms with Crippen molar-refractivity contribution in [3.8, 4) is 0 Å². The van der Waals surface area contributed by atoms with Crippen LogP contribution >= 0.6 is 0 Å². The molecular weight excluding hydrogens is 138 g/mol. The molecule has 1 atom stereocenters. The first-order valence-corrected chi connectivity index (χ1v) is 4.09. The normalized spacial score (nSPS) is 17.5. The lowest BCUT2D eigenvalue weighted by atomic mass is 9.96. The van der Waals surface area contributed by atoms with Crippen LogP contribution in [0.25, 0.3) is 0 Å². The molecule has 2 heteroatoms. The molecule has 0 aliphatic carbocycles. The average Bonchev–Trinajstić information content (AvgIpc) is 1.84.